The van der Waals surface area contributed by atoms with Crippen LogP contribution in [-0.2, 0) is 13.1 Å². The number of hydrogen-bond acceptors (Lipinski definition) is 3. The van der Waals surface area contributed by atoms with Gasteiger partial charge in [-0.2, -0.15) is 10.2 Å². The zero-order valence-electron chi connectivity index (χ0n) is 15.6. The lowest BCUT2D eigenvalue weighted by molar-refractivity contribution is 0.247. The molecular formula is C19H23FN6O. The molecule has 2 heterocycles. The third-order valence-electron chi connectivity index (χ3n) is 4.11. The van der Waals surface area contributed by atoms with Gasteiger partial charge in [-0.25, -0.2) is 13.9 Å². The van der Waals surface area contributed by atoms with Gasteiger partial charge in [0.15, 0.2) is 0 Å². The van der Waals surface area contributed by atoms with E-state index in [-0.39, 0.29) is 17.9 Å². The molecule has 0 fully saturated rings. The largest absolute Gasteiger partial charge is 0.334 e. The molecule has 0 aliphatic carbocycles. The number of aryl methyl sites for hydroxylation is 2. The topological polar surface area (TPSA) is 76.8 Å². The van der Waals surface area contributed by atoms with Crippen LogP contribution in [0.3, 0.4) is 0 Å². The first-order valence-electron chi connectivity index (χ1n) is 8.75. The van der Waals surface area contributed by atoms with Crippen molar-refractivity contribution in [1.82, 2.24) is 24.9 Å². The molecule has 1 atom stereocenters. The minimum Gasteiger partial charge on any atom is -0.334 e. The zero-order valence-corrected chi connectivity index (χ0v) is 15.6. The molecule has 1 unspecified atom stereocenters. The Kier molecular flexibility index (Phi) is 5.54. The quantitative estimate of drug-likeness (QED) is 0.700. The summed E-state index contributed by atoms with van der Waals surface area (Å²) >= 11 is 0. The van der Waals surface area contributed by atoms with Crippen molar-refractivity contribution in [2.75, 3.05) is 5.32 Å². The maximum atomic E-state index is 13.3. The van der Waals surface area contributed by atoms with Crippen LogP contribution >= 0.6 is 0 Å². The van der Waals surface area contributed by atoms with Crippen LogP contribution < -0.4 is 10.6 Å². The molecule has 142 valence electrons. The first-order chi connectivity index (χ1) is 12.9. The second-order valence-corrected chi connectivity index (χ2v) is 6.61. The van der Waals surface area contributed by atoms with E-state index in [2.05, 4.69) is 20.8 Å². The van der Waals surface area contributed by atoms with Crippen LogP contribution in [0.5, 0.6) is 0 Å². The van der Waals surface area contributed by atoms with E-state index in [9.17, 15) is 9.18 Å². The first kappa shape index (κ1) is 18.6. The molecule has 0 aliphatic rings. The number of amides is 2. The smallest absolute Gasteiger partial charge is 0.320 e. The van der Waals surface area contributed by atoms with Crippen LogP contribution in [0.15, 0.2) is 42.6 Å². The maximum absolute atomic E-state index is 13.3. The Morgan fingerprint density at radius 3 is 2.74 bits per heavy atom. The van der Waals surface area contributed by atoms with Gasteiger partial charge in [0.25, 0.3) is 0 Å². The van der Waals surface area contributed by atoms with Crippen LogP contribution in [0, 0.1) is 19.7 Å². The predicted octanol–water partition coefficient (Wildman–Crippen LogP) is 3.09. The van der Waals surface area contributed by atoms with Crippen molar-refractivity contribution in [2.45, 2.75) is 39.9 Å². The second-order valence-electron chi connectivity index (χ2n) is 6.61. The molecule has 0 saturated heterocycles. The fraction of sp³-hybridized carbons (Fsp3) is 0.316. The maximum Gasteiger partial charge on any atom is 0.320 e. The lowest BCUT2D eigenvalue weighted by Crippen LogP contribution is -2.39. The highest BCUT2D eigenvalue weighted by Gasteiger charge is 2.12. The van der Waals surface area contributed by atoms with Gasteiger partial charge in [0.1, 0.15) is 11.6 Å². The van der Waals surface area contributed by atoms with Gasteiger partial charge in [-0.1, -0.05) is 12.1 Å². The van der Waals surface area contributed by atoms with Crippen LogP contribution in [-0.4, -0.2) is 31.6 Å². The van der Waals surface area contributed by atoms with E-state index in [0.29, 0.717) is 18.9 Å². The molecule has 8 heteroatoms. The number of benzene rings is 1. The van der Waals surface area contributed by atoms with E-state index in [1.807, 2.05) is 37.6 Å². The van der Waals surface area contributed by atoms with Crippen molar-refractivity contribution in [3.63, 3.8) is 0 Å². The van der Waals surface area contributed by atoms with E-state index in [1.165, 1.54) is 12.1 Å². The molecule has 2 aromatic heterocycles. The normalized spacial score (nSPS) is 12.0. The molecule has 7 nitrogen and oxygen atoms in total. The minimum atomic E-state index is -0.329. The van der Waals surface area contributed by atoms with Crippen molar-refractivity contribution in [3.05, 3.63) is 65.4 Å². The second kappa shape index (κ2) is 8.03. The molecule has 0 saturated carbocycles. The van der Waals surface area contributed by atoms with E-state index >= 15 is 0 Å². The van der Waals surface area contributed by atoms with Gasteiger partial charge in [0, 0.05) is 17.8 Å². The number of halogens is 1. The van der Waals surface area contributed by atoms with Crippen molar-refractivity contribution in [3.8, 4) is 0 Å². The molecule has 1 aromatic carbocycles. The molecular weight excluding hydrogens is 347 g/mol. The lowest BCUT2D eigenvalue weighted by atomic mass is 10.2. The summed E-state index contributed by atoms with van der Waals surface area (Å²) in [7, 11) is 0. The predicted molar refractivity (Wildman–Crippen MR) is 101 cm³/mol. The summed E-state index contributed by atoms with van der Waals surface area (Å²) in [4.78, 5) is 12.3. The summed E-state index contributed by atoms with van der Waals surface area (Å²) in [5.74, 6) is 0.236. The Labute approximate surface area is 157 Å². The molecule has 3 rings (SSSR count). The van der Waals surface area contributed by atoms with Gasteiger partial charge in [-0.05, 0) is 44.5 Å². The number of nitrogens with one attached hydrogen (secondary N) is 2. The number of urea groups is 1. The Morgan fingerprint density at radius 1 is 1.22 bits per heavy atom. The van der Waals surface area contributed by atoms with Crippen LogP contribution in [0.1, 0.15) is 23.9 Å². The molecule has 27 heavy (non-hydrogen) atoms. The van der Waals surface area contributed by atoms with E-state index in [1.54, 1.807) is 23.0 Å². The third-order valence-corrected chi connectivity index (χ3v) is 4.11. The summed E-state index contributed by atoms with van der Waals surface area (Å²) in [6.07, 6.45) is 1.59. The number of hydrogen-bond donors (Lipinski definition) is 2. The monoisotopic (exact) mass is 370 g/mol. The fourth-order valence-electron chi connectivity index (χ4n) is 2.91. The minimum absolute atomic E-state index is 0.109. The molecule has 3 aromatic rings. The number of nitrogens with zero attached hydrogens (tertiary/aromatic N) is 4. The number of carbonyl (C=O) groups excluding carboxylic acids is 1. The molecule has 0 bridgehead atoms. The van der Waals surface area contributed by atoms with E-state index in [4.69, 9.17) is 0 Å². The summed E-state index contributed by atoms with van der Waals surface area (Å²) < 4.78 is 16.8. The van der Waals surface area contributed by atoms with Crippen molar-refractivity contribution in [1.29, 1.82) is 0 Å². The van der Waals surface area contributed by atoms with Crippen molar-refractivity contribution in [2.24, 2.45) is 0 Å². The van der Waals surface area contributed by atoms with Gasteiger partial charge in [-0.3, -0.25) is 10.00 Å². The SMILES string of the molecule is Cc1cc(C)n(CC(C)NC(=O)Nc2ccnn2Cc2cccc(F)c2)n1. The summed E-state index contributed by atoms with van der Waals surface area (Å²) in [5.41, 5.74) is 2.76. The first-order valence-corrected chi connectivity index (χ1v) is 8.75. The number of anilines is 1. The highest BCUT2D eigenvalue weighted by Crippen LogP contribution is 2.11. The van der Waals surface area contributed by atoms with Gasteiger partial charge >= 0.3 is 6.03 Å². The van der Waals surface area contributed by atoms with E-state index in [0.717, 1.165) is 17.0 Å². The summed E-state index contributed by atoms with van der Waals surface area (Å²) in [6.45, 7) is 6.78. The standard InChI is InChI=1S/C19H23FN6O/c1-13-9-15(3)25(24-13)11-14(2)22-19(27)23-18-7-8-21-26(18)12-16-5-4-6-17(20)10-16/h4-10,14H,11-12H2,1-3H3,(H2,22,23,27). The fourth-order valence-corrected chi connectivity index (χ4v) is 2.91. The zero-order chi connectivity index (χ0) is 19.4. The Hall–Kier alpha value is -3.16. The van der Waals surface area contributed by atoms with Gasteiger partial charge < -0.3 is 5.32 Å². The molecule has 2 amide bonds. The van der Waals surface area contributed by atoms with Crippen LogP contribution in [0.2, 0.25) is 0 Å². The molecule has 2 N–H and O–H groups in total. The van der Waals surface area contributed by atoms with Gasteiger partial charge in [0.05, 0.1) is 25.0 Å². The lowest BCUT2D eigenvalue weighted by Gasteiger charge is -2.16. The average molecular weight is 370 g/mol. The van der Waals surface area contributed by atoms with Gasteiger partial charge in [0.2, 0.25) is 0 Å². The number of aromatic nitrogens is 4. The van der Waals surface area contributed by atoms with Gasteiger partial charge in [-0.15, -0.1) is 0 Å². The van der Waals surface area contributed by atoms with Crippen LogP contribution in [0.4, 0.5) is 15.0 Å². The average Bonchev–Trinajstić information content (AvgIpc) is 3.13. The summed E-state index contributed by atoms with van der Waals surface area (Å²) in [6, 6.07) is 9.56. The van der Waals surface area contributed by atoms with Crippen LogP contribution in [0.25, 0.3) is 0 Å². The Morgan fingerprint density at radius 2 is 2.04 bits per heavy atom. The summed E-state index contributed by atoms with van der Waals surface area (Å²) in [5, 5.41) is 14.3. The molecule has 0 spiro atoms. The molecule has 0 aliphatic heterocycles. The number of rotatable bonds is 6. The highest BCUT2D eigenvalue weighted by molar-refractivity contribution is 5.88. The van der Waals surface area contributed by atoms with Crippen molar-refractivity contribution >= 4 is 11.8 Å². The number of carbonyl (C=O) groups is 1. The molecule has 0 radical (unpaired) electrons. The Balaban J connectivity index is 1.58. The van der Waals surface area contributed by atoms with Crippen molar-refractivity contribution < 1.29 is 9.18 Å². The van der Waals surface area contributed by atoms with E-state index < -0.39 is 0 Å². The highest BCUT2D eigenvalue weighted by atomic mass is 19.1. The third kappa shape index (κ3) is 4.93. The Bertz CT molecular complexity index is 932.